The van der Waals surface area contributed by atoms with Crippen LogP contribution in [-0.4, -0.2) is 128 Å². The standard InChI is InChI=1S/C28H37ClN4O.2C4H4O4/c1-20(2)33-17-16-32(28(33)34)15-12-30-10-13-31(14-11-30)27-19-25(22-6-4-21(3)5-7-22)26-18-23(29)8-9-24(26)27;2*5-3(6)1-2-4(7)8/h4-9,18,20,25,27H,10-17,19H2,1-3H3;2*1-2H,(H,5,6)(H,7,8)/b;2*2-1-/t25-,27+;;/m1../s1. The Morgan fingerprint density at radius 2 is 1.30 bits per heavy atom. The summed E-state index contributed by atoms with van der Waals surface area (Å²) in [6.45, 7) is 14.1. The van der Waals surface area contributed by atoms with E-state index in [1.807, 2.05) is 9.80 Å². The molecule has 270 valence electrons. The molecule has 13 nitrogen and oxygen atoms in total. The Morgan fingerprint density at radius 1 is 0.760 bits per heavy atom. The Labute approximate surface area is 296 Å². The van der Waals surface area contributed by atoms with Crippen LogP contribution in [0.4, 0.5) is 4.79 Å². The summed E-state index contributed by atoms with van der Waals surface area (Å²) in [5.41, 5.74) is 5.53. The minimum absolute atomic E-state index is 0.206. The van der Waals surface area contributed by atoms with Gasteiger partial charge in [-0.3, -0.25) is 9.80 Å². The molecule has 2 saturated heterocycles. The molecule has 0 radical (unpaired) electrons. The fourth-order valence-corrected chi connectivity index (χ4v) is 6.40. The summed E-state index contributed by atoms with van der Waals surface area (Å²) in [4.78, 5) is 60.0. The molecule has 2 aromatic carbocycles. The summed E-state index contributed by atoms with van der Waals surface area (Å²) < 4.78 is 0. The fraction of sp³-hybridized carbons (Fsp3) is 0.417. The van der Waals surface area contributed by atoms with E-state index in [4.69, 9.17) is 32.0 Å². The molecule has 4 N–H and O–H groups in total. The predicted molar refractivity (Wildman–Crippen MR) is 187 cm³/mol. The third-order valence-corrected chi connectivity index (χ3v) is 8.98. The van der Waals surface area contributed by atoms with E-state index in [0.717, 1.165) is 63.8 Å². The van der Waals surface area contributed by atoms with Crippen LogP contribution in [0.2, 0.25) is 5.02 Å². The summed E-state index contributed by atoms with van der Waals surface area (Å²) in [5.74, 6) is -4.62. The van der Waals surface area contributed by atoms with Crippen LogP contribution in [0.5, 0.6) is 0 Å². The van der Waals surface area contributed by atoms with Gasteiger partial charge in [0, 0.05) is 99.7 Å². The number of carbonyl (C=O) groups excluding carboxylic acids is 1. The Balaban J connectivity index is 0.000000352. The van der Waals surface area contributed by atoms with Crippen LogP contribution >= 0.6 is 11.6 Å². The SMILES string of the molecule is Cc1ccc([C@H]2C[C@H](N3CCN(CCN4CCN(C(C)C)C4=O)CC3)c3ccc(Cl)cc32)cc1.O=C(O)/C=C\C(=O)O.O=C(O)/C=C\C(=O)O. The molecular weight excluding hydrogens is 668 g/mol. The Bertz CT molecular complexity index is 1500. The van der Waals surface area contributed by atoms with Gasteiger partial charge in [-0.2, -0.15) is 0 Å². The number of carbonyl (C=O) groups is 5. The van der Waals surface area contributed by atoms with E-state index in [1.54, 1.807) is 0 Å². The first kappa shape index (κ1) is 39.7. The van der Waals surface area contributed by atoms with Crippen molar-refractivity contribution in [2.24, 2.45) is 0 Å². The molecule has 0 bridgehead atoms. The van der Waals surface area contributed by atoms with E-state index in [2.05, 4.69) is 73.0 Å². The maximum atomic E-state index is 12.6. The lowest BCUT2D eigenvalue weighted by Gasteiger charge is -2.39. The first-order valence-corrected chi connectivity index (χ1v) is 16.7. The van der Waals surface area contributed by atoms with Crippen LogP contribution in [0.3, 0.4) is 0 Å². The lowest BCUT2D eigenvalue weighted by molar-refractivity contribution is -0.134. The number of piperazine rings is 1. The fourth-order valence-electron chi connectivity index (χ4n) is 6.22. The van der Waals surface area contributed by atoms with Crippen LogP contribution in [0, 0.1) is 6.92 Å². The third kappa shape index (κ3) is 12.0. The second kappa shape index (κ2) is 18.9. The van der Waals surface area contributed by atoms with Crippen molar-refractivity contribution in [2.45, 2.75) is 45.2 Å². The van der Waals surface area contributed by atoms with E-state index in [-0.39, 0.29) is 12.1 Å². The summed E-state index contributed by atoms with van der Waals surface area (Å²) in [6, 6.07) is 16.4. The number of urea groups is 1. The number of aliphatic carboxylic acids is 4. The highest BCUT2D eigenvalue weighted by molar-refractivity contribution is 6.30. The third-order valence-electron chi connectivity index (χ3n) is 8.74. The molecule has 2 amide bonds. The minimum atomic E-state index is -1.26. The number of carboxylic acids is 4. The van der Waals surface area contributed by atoms with Crippen LogP contribution in [0.1, 0.15) is 54.5 Å². The maximum absolute atomic E-state index is 12.6. The van der Waals surface area contributed by atoms with Gasteiger partial charge in [0.25, 0.3) is 0 Å². The molecule has 14 heteroatoms. The molecule has 2 aliphatic heterocycles. The van der Waals surface area contributed by atoms with Crippen LogP contribution in [0.25, 0.3) is 0 Å². The molecule has 5 rings (SSSR count). The number of carboxylic acid groups (broad SMARTS) is 4. The number of rotatable bonds is 10. The van der Waals surface area contributed by atoms with Crippen LogP contribution < -0.4 is 0 Å². The summed E-state index contributed by atoms with van der Waals surface area (Å²) in [6.07, 6.45) is 3.35. The van der Waals surface area contributed by atoms with E-state index in [9.17, 15) is 24.0 Å². The van der Waals surface area contributed by atoms with Crippen LogP contribution in [0.15, 0.2) is 66.8 Å². The van der Waals surface area contributed by atoms with Crippen molar-refractivity contribution < 1.29 is 44.4 Å². The quantitative estimate of drug-likeness (QED) is 0.256. The number of aryl methyl sites for hydroxylation is 1. The van der Waals surface area contributed by atoms with Gasteiger partial charge in [0.1, 0.15) is 0 Å². The van der Waals surface area contributed by atoms with E-state index in [0.29, 0.717) is 36.3 Å². The second-order valence-electron chi connectivity index (χ2n) is 12.4. The molecule has 50 heavy (non-hydrogen) atoms. The number of nitrogens with zero attached hydrogens (tertiary/aromatic N) is 4. The minimum Gasteiger partial charge on any atom is -0.478 e. The smallest absolute Gasteiger partial charge is 0.328 e. The molecule has 2 atom stereocenters. The molecule has 2 fully saturated rings. The number of halogens is 1. The van der Waals surface area contributed by atoms with Crippen molar-refractivity contribution in [3.63, 3.8) is 0 Å². The average Bonchev–Trinajstić information content (AvgIpc) is 3.63. The molecule has 0 saturated carbocycles. The van der Waals surface area contributed by atoms with Gasteiger partial charge in [-0.05, 0) is 56.0 Å². The van der Waals surface area contributed by atoms with Gasteiger partial charge in [0.05, 0.1) is 0 Å². The number of fused-ring (bicyclic) bond motifs is 1. The van der Waals surface area contributed by atoms with Crippen molar-refractivity contribution in [2.75, 3.05) is 52.4 Å². The summed E-state index contributed by atoms with van der Waals surface area (Å²) >= 11 is 6.43. The van der Waals surface area contributed by atoms with Gasteiger partial charge in [-0.25, -0.2) is 24.0 Å². The number of hydrogen-bond acceptors (Lipinski definition) is 7. The van der Waals surface area contributed by atoms with Crippen molar-refractivity contribution in [3.05, 3.63) is 94.0 Å². The van der Waals surface area contributed by atoms with Gasteiger partial charge < -0.3 is 30.2 Å². The number of hydrogen-bond donors (Lipinski definition) is 4. The highest BCUT2D eigenvalue weighted by atomic mass is 35.5. The van der Waals surface area contributed by atoms with Gasteiger partial charge in [-0.1, -0.05) is 47.5 Å². The van der Waals surface area contributed by atoms with Crippen molar-refractivity contribution in [1.82, 2.24) is 19.6 Å². The van der Waals surface area contributed by atoms with E-state index >= 15 is 0 Å². The van der Waals surface area contributed by atoms with E-state index < -0.39 is 23.9 Å². The van der Waals surface area contributed by atoms with Crippen molar-refractivity contribution in [3.8, 4) is 0 Å². The Hall–Kier alpha value is -4.72. The number of amides is 2. The lowest BCUT2D eigenvalue weighted by Crippen LogP contribution is -2.49. The van der Waals surface area contributed by atoms with Gasteiger partial charge in [0.2, 0.25) is 0 Å². The zero-order valence-corrected chi connectivity index (χ0v) is 29.2. The summed E-state index contributed by atoms with van der Waals surface area (Å²) in [5, 5.41) is 32.1. The van der Waals surface area contributed by atoms with Gasteiger partial charge in [-0.15, -0.1) is 0 Å². The predicted octanol–water partition coefficient (Wildman–Crippen LogP) is 4.41. The van der Waals surface area contributed by atoms with Crippen molar-refractivity contribution in [1.29, 1.82) is 0 Å². The molecule has 0 unspecified atom stereocenters. The molecule has 0 aromatic heterocycles. The monoisotopic (exact) mass is 712 g/mol. The second-order valence-corrected chi connectivity index (χ2v) is 12.9. The van der Waals surface area contributed by atoms with Gasteiger partial charge >= 0.3 is 29.9 Å². The Kier molecular flexibility index (Phi) is 15.0. The van der Waals surface area contributed by atoms with Crippen molar-refractivity contribution >= 4 is 41.5 Å². The maximum Gasteiger partial charge on any atom is 0.328 e. The zero-order valence-electron chi connectivity index (χ0n) is 28.4. The Morgan fingerprint density at radius 3 is 1.78 bits per heavy atom. The highest BCUT2D eigenvalue weighted by Gasteiger charge is 2.37. The van der Waals surface area contributed by atoms with E-state index in [1.165, 1.54) is 22.3 Å². The number of benzene rings is 2. The molecule has 0 spiro atoms. The normalized spacial score (nSPS) is 19.3. The average molecular weight is 713 g/mol. The summed E-state index contributed by atoms with van der Waals surface area (Å²) in [7, 11) is 0. The molecular formula is C36H45ClN4O9. The first-order valence-electron chi connectivity index (χ1n) is 16.3. The molecule has 1 aliphatic carbocycles. The largest absolute Gasteiger partial charge is 0.478 e. The lowest BCUT2D eigenvalue weighted by atomic mass is 9.92. The topological polar surface area (TPSA) is 179 Å². The first-order chi connectivity index (χ1) is 23.7. The highest BCUT2D eigenvalue weighted by Crippen LogP contribution is 2.47. The zero-order chi connectivity index (χ0) is 37.0. The molecule has 3 aliphatic rings. The van der Waals surface area contributed by atoms with Gasteiger partial charge in [0.15, 0.2) is 0 Å². The van der Waals surface area contributed by atoms with Crippen LogP contribution in [-0.2, 0) is 19.2 Å². The molecule has 2 aromatic rings. The molecule has 2 heterocycles.